The lowest BCUT2D eigenvalue weighted by Crippen LogP contribution is -2.37. The van der Waals surface area contributed by atoms with Crippen LogP contribution in [0.2, 0.25) is 0 Å². The maximum atomic E-state index is 5.97. The zero-order valence-corrected chi connectivity index (χ0v) is 24.4. The van der Waals surface area contributed by atoms with Gasteiger partial charge in [0, 0.05) is 13.2 Å². The van der Waals surface area contributed by atoms with Crippen LogP contribution in [0, 0.1) is 0 Å². The molecule has 3 heteroatoms. The van der Waals surface area contributed by atoms with Crippen LogP contribution in [0.4, 0.5) is 0 Å². The average molecular weight is 494 g/mol. The van der Waals surface area contributed by atoms with E-state index in [0.717, 1.165) is 32.8 Å². The second kappa shape index (κ2) is 29.6. The third-order valence-electron chi connectivity index (χ3n) is 6.73. The van der Waals surface area contributed by atoms with Crippen LogP contribution in [0.15, 0.2) is 24.3 Å². The summed E-state index contributed by atoms with van der Waals surface area (Å²) in [7, 11) is 4.26. The van der Waals surface area contributed by atoms with E-state index in [0.29, 0.717) is 6.04 Å². The van der Waals surface area contributed by atoms with Gasteiger partial charge in [0.1, 0.15) is 0 Å². The molecule has 0 aromatic carbocycles. The number of likely N-dealkylation sites (N-methyl/N-ethyl adjacent to an activating group) is 1. The topological polar surface area (TPSA) is 21.7 Å². The van der Waals surface area contributed by atoms with Crippen molar-refractivity contribution in [3.05, 3.63) is 24.3 Å². The summed E-state index contributed by atoms with van der Waals surface area (Å²) in [5.41, 5.74) is 0. The maximum absolute atomic E-state index is 5.97. The molecule has 0 bridgehead atoms. The van der Waals surface area contributed by atoms with Crippen molar-refractivity contribution in [3.63, 3.8) is 0 Å². The van der Waals surface area contributed by atoms with Crippen LogP contribution in [0.1, 0.15) is 136 Å². The summed E-state index contributed by atoms with van der Waals surface area (Å²) in [6.07, 6.45) is 34.2. The van der Waals surface area contributed by atoms with Gasteiger partial charge in [-0.05, 0) is 59.0 Å². The average Bonchev–Trinajstić information content (AvgIpc) is 2.85. The predicted octanol–water partition coefficient (Wildman–Crippen LogP) is 9.51. The number of hydrogen-bond donors (Lipinski definition) is 0. The Labute approximate surface area is 221 Å². The lowest BCUT2D eigenvalue weighted by molar-refractivity contribution is 0.0197. The minimum atomic E-state index is 0.367. The second-order valence-corrected chi connectivity index (χ2v) is 10.5. The Balaban J connectivity index is 3.42. The summed E-state index contributed by atoms with van der Waals surface area (Å²) >= 11 is 0. The van der Waals surface area contributed by atoms with Crippen molar-refractivity contribution in [2.24, 2.45) is 0 Å². The van der Waals surface area contributed by atoms with Gasteiger partial charge in [-0.2, -0.15) is 0 Å². The molecule has 0 saturated carbocycles. The highest BCUT2D eigenvalue weighted by Crippen LogP contribution is 2.10. The first-order valence-electron chi connectivity index (χ1n) is 15.3. The lowest BCUT2D eigenvalue weighted by atomic mass is 10.1. The quantitative estimate of drug-likeness (QED) is 0.0800. The Kier molecular flexibility index (Phi) is 29.0. The Bertz CT molecular complexity index is 447. The van der Waals surface area contributed by atoms with E-state index in [4.69, 9.17) is 9.47 Å². The highest BCUT2D eigenvalue weighted by atomic mass is 16.5. The Hall–Kier alpha value is -0.640. The van der Waals surface area contributed by atoms with E-state index in [2.05, 4.69) is 57.1 Å². The Morgan fingerprint density at radius 1 is 0.514 bits per heavy atom. The fourth-order valence-corrected chi connectivity index (χ4v) is 4.14. The van der Waals surface area contributed by atoms with Gasteiger partial charge in [0.25, 0.3) is 0 Å². The molecule has 0 radical (unpaired) electrons. The van der Waals surface area contributed by atoms with Crippen molar-refractivity contribution in [2.45, 2.75) is 142 Å². The summed E-state index contributed by atoms with van der Waals surface area (Å²) in [5.74, 6) is 0. The summed E-state index contributed by atoms with van der Waals surface area (Å²) in [5, 5.41) is 0. The first kappa shape index (κ1) is 34.4. The van der Waals surface area contributed by atoms with Crippen molar-refractivity contribution in [3.8, 4) is 0 Å². The highest BCUT2D eigenvalue weighted by molar-refractivity contribution is 4.92. The minimum Gasteiger partial charge on any atom is -0.380 e. The van der Waals surface area contributed by atoms with Gasteiger partial charge < -0.3 is 14.4 Å². The molecule has 0 rings (SSSR count). The normalized spacial score (nSPS) is 13.1. The van der Waals surface area contributed by atoms with Crippen LogP contribution in [0.5, 0.6) is 0 Å². The van der Waals surface area contributed by atoms with Crippen molar-refractivity contribution in [1.29, 1.82) is 0 Å². The molecule has 0 fully saturated rings. The van der Waals surface area contributed by atoms with E-state index in [1.54, 1.807) is 0 Å². The molecule has 0 unspecified atom stereocenters. The zero-order valence-electron chi connectivity index (χ0n) is 24.4. The van der Waals surface area contributed by atoms with Gasteiger partial charge >= 0.3 is 0 Å². The van der Waals surface area contributed by atoms with Crippen LogP contribution in [0.3, 0.4) is 0 Å². The van der Waals surface area contributed by atoms with Crippen molar-refractivity contribution < 1.29 is 9.47 Å². The molecular weight excluding hydrogens is 430 g/mol. The molecule has 208 valence electrons. The largest absolute Gasteiger partial charge is 0.380 e. The van der Waals surface area contributed by atoms with Crippen LogP contribution < -0.4 is 0 Å². The van der Waals surface area contributed by atoms with E-state index in [-0.39, 0.29) is 0 Å². The Morgan fingerprint density at radius 2 is 0.914 bits per heavy atom. The molecule has 0 aliphatic carbocycles. The third kappa shape index (κ3) is 27.8. The molecule has 3 nitrogen and oxygen atoms in total. The van der Waals surface area contributed by atoms with Crippen LogP contribution in [0.25, 0.3) is 0 Å². The molecule has 0 aromatic heterocycles. The van der Waals surface area contributed by atoms with Crippen molar-refractivity contribution in [1.82, 2.24) is 4.90 Å². The van der Waals surface area contributed by atoms with E-state index in [1.165, 1.54) is 116 Å². The summed E-state index contributed by atoms with van der Waals surface area (Å²) < 4.78 is 11.9. The van der Waals surface area contributed by atoms with E-state index in [1.807, 2.05) is 0 Å². The SMILES string of the molecule is CCCCC/C=C/C/C=C/CCCCCCCCCOC[C@@H](COCCCCCCCC)N(C)C. The number of unbranched alkanes of at least 4 members (excludes halogenated alkanes) is 15. The molecule has 0 aliphatic heterocycles. The smallest absolute Gasteiger partial charge is 0.0644 e. The summed E-state index contributed by atoms with van der Waals surface area (Å²) in [6.45, 7) is 7.88. The number of allylic oxidation sites excluding steroid dienone is 4. The number of ether oxygens (including phenoxy) is 2. The van der Waals surface area contributed by atoms with Gasteiger partial charge in [-0.1, -0.05) is 115 Å². The molecule has 0 amide bonds. The van der Waals surface area contributed by atoms with Gasteiger partial charge in [-0.15, -0.1) is 0 Å². The number of nitrogens with zero attached hydrogens (tertiary/aromatic N) is 1. The molecular formula is C32H63NO2. The molecule has 35 heavy (non-hydrogen) atoms. The second-order valence-electron chi connectivity index (χ2n) is 10.5. The first-order valence-corrected chi connectivity index (χ1v) is 15.3. The highest BCUT2D eigenvalue weighted by Gasteiger charge is 2.11. The molecule has 0 spiro atoms. The number of rotatable bonds is 28. The van der Waals surface area contributed by atoms with Crippen LogP contribution >= 0.6 is 0 Å². The monoisotopic (exact) mass is 493 g/mol. The lowest BCUT2D eigenvalue weighted by Gasteiger charge is -2.24. The van der Waals surface area contributed by atoms with Gasteiger partial charge in [0.05, 0.1) is 19.3 Å². The molecule has 0 aromatic rings. The first-order chi connectivity index (χ1) is 17.2. The van der Waals surface area contributed by atoms with Gasteiger partial charge in [-0.3, -0.25) is 0 Å². The zero-order chi connectivity index (χ0) is 25.7. The molecule has 1 atom stereocenters. The minimum absolute atomic E-state index is 0.367. The molecule has 0 saturated heterocycles. The standard InChI is InChI=1S/C32H63NO2/c1-5-7-9-11-13-14-15-16-17-18-19-20-21-22-23-25-27-29-35-31-32(33(3)4)30-34-28-26-24-12-10-8-6-2/h13-14,16-17,32H,5-12,15,18-31H2,1-4H3/b14-13+,17-16+/t32-/m1/s1. The number of hydrogen-bond acceptors (Lipinski definition) is 3. The maximum Gasteiger partial charge on any atom is 0.0644 e. The van der Waals surface area contributed by atoms with Crippen molar-refractivity contribution >= 4 is 0 Å². The predicted molar refractivity (Wildman–Crippen MR) is 156 cm³/mol. The molecule has 0 N–H and O–H groups in total. The van der Waals surface area contributed by atoms with Crippen LogP contribution in [-0.4, -0.2) is 51.5 Å². The van der Waals surface area contributed by atoms with Gasteiger partial charge in [0.15, 0.2) is 0 Å². The summed E-state index contributed by atoms with van der Waals surface area (Å²) in [4.78, 5) is 2.24. The fourth-order valence-electron chi connectivity index (χ4n) is 4.14. The van der Waals surface area contributed by atoms with E-state index < -0.39 is 0 Å². The van der Waals surface area contributed by atoms with Gasteiger partial charge in [-0.25, -0.2) is 0 Å². The van der Waals surface area contributed by atoms with Crippen molar-refractivity contribution in [2.75, 3.05) is 40.5 Å². The fraction of sp³-hybridized carbons (Fsp3) is 0.875. The Morgan fingerprint density at radius 3 is 1.40 bits per heavy atom. The van der Waals surface area contributed by atoms with Gasteiger partial charge in [0.2, 0.25) is 0 Å². The van der Waals surface area contributed by atoms with E-state index in [9.17, 15) is 0 Å². The summed E-state index contributed by atoms with van der Waals surface area (Å²) in [6, 6.07) is 0.367. The molecule has 0 aliphatic rings. The third-order valence-corrected chi connectivity index (χ3v) is 6.73. The van der Waals surface area contributed by atoms with Crippen LogP contribution in [-0.2, 0) is 9.47 Å². The molecule has 0 heterocycles. The van der Waals surface area contributed by atoms with E-state index >= 15 is 0 Å².